The number of benzene rings is 3. The molecule has 1 aliphatic rings. The SMILES string of the molecule is Cc1c(Cl)cccc1N=C1NC(=O)/C(=C\c2ccc(OCC(=O)Nc3ccccc3)c(Br)c2)S1. The van der Waals surface area contributed by atoms with Gasteiger partial charge in [0.1, 0.15) is 5.75 Å². The number of carbonyl (C=O) groups excluding carboxylic acids is 2. The number of nitrogens with zero attached hydrogens (tertiary/aromatic N) is 1. The molecule has 4 rings (SSSR count). The molecule has 2 N–H and O–H groups in total. The molecule has 0 aromatic heterocycles. The van der Waals surface area contributed by atoms with E-state index in [4.69, 9.17) is 16.3 Å². The van der Waals surface area contributed by atoms with E-state index in [1.165, 1.54) is 11.8 Å². The lowest BCUT2D eigenvalue weighted by Gasteiger charge is -2.09. The molecule has 0 atom stereocenters. The lowest BCUT2D eigenvalue weighted by atomic mass is 10.2. The number of hydrogen-bond donors (Lipinski definition) is 2. The molecule has 1 aliphatic heterocycles. The molecule has 0 aliphatic carbocycles. The predicted molar refractivity (Wildman–Crippen MR) is 142 cm³/mol. The molecule has 0 bridgehead atoms. The van der Waals surface area contributed by atoms with Gasteiger partial charge in [0.15, 0.2) is 11.8 Å². The molecular weight excluding hydrogens is 538 g/mol. The molecule has 0 unspecified atom stereocenters. The van der Waals surface area contributed by atoms with Crippen LogP contribution in [0.4, 0.5) is 11.4 Å². The highest BCUT2D eigenvalue weighted by Crippen LogP contribution is 2.32. The average Bonchev–Trinajstić information content (AvgIpc) is 3.15. The minimum absolute atomic E-state index is 0.130. The van der Waals surface area contributed by atoms with E-state index in [9.17, 15) is 9.59 Å². The molecule has 6 nitrogen and oxygen atoms in total. The van der Waals surface area contributed by atoms with E-state index in [0.717, 1.165) is 11.1 Å². The first-order chi connectivity index (χ1) is 16.4. The Morgan fingerprint density at radius 1 is 1.18 bits per heavy atom. The van der Waals surface area contributed by atoms with Gasteiger partial charge in [0.25, 0.3) is 11.8 Å². The van der Waals surface area contributed by atoms with Crippen molar-refractivity contribution in [2.24, 2.45) is 4.99 Å². The van der Waals surface area contributed by atoms with Crippen LogP contribution in [0.25, 0.3) is 6.08 Å². The van der Waals surface area contributed by atoms with Crippen molar-refractivity contribution in [1.82, 2.24) is 5.32 Å². The Balaban J connectivity index is 1.41. The summed E-state index contributed by atoms with van der Waals surface area (Å²) in [5, 5.41) is 6.66. The lowest BCUT2D eigenvalue weighted by Crippen LogP contribution is -2.20. The van der Waals surface area contributed by atoms with Gasteiger partial charge in [-0.1, -0.05) is 41.9 Å². The molecule has 0 radical (unpaired) electrons. The van der Waals surface area contributed by atoms with Gasteiger partial charge < -0.3 is 15.4 Å². The van der Waals surface area contributed by atoms with Crippen LogP contribution in [-0.2, 0) is 9.59 Å². The van der Waals surface area contributed by atoms with E-state index < -0.39 is 0 Å². The maximum absolute atomic E-state index is 12.4. The fraction of sp³-hybridized carbons (Fsp3) is 0.0800. The van der Waals surface area contributed by atoms with E-state index in [0.29, 0.717) is 36.7 Å². The van der Waals surface area contributed by atoms with Crippen molar-refractivity contribution in [3.8, 4) is 5.75 Å². The largest absolute Gasteiger partial charge is 0.483 e. The molecule has 0 spiro atoms. The number of halogens is 2. The van der Waals surface area contributed by atoms with E-state index in [1.807, 2.05) is 49.4 Å². The van der Waals surface area contributed by atoms with Crippen molar-refractivity contribution < 1.29 is 14.3 Å². The summed E-state index contributed by atoms with van der Waals surface area (Å²) in [6.45, 7) is 1.75. The number of para-hydroxylation sites is 1. The Hall–Kier alpha value is -3.07. The van der Waals surface area contributed by atoms with Crippen LogP contribution in [0.1, 0.15) is 11.1 Å². The highest BCUT2D eigenvalue weighted by molar-refractivity contribution is 9.10. The summed E-state index contributed by atoms with van der Waals surface area (Å²) >= 11 is 10.9. The van der Waals surface area contributed by atoms with Gasteiger partial charge in [-0.25, -0.2) is 4.99 Å². The van der Waals surface area contributed by atoms with Crippen LogP contribution in [0.5, 0.6) is 5.75 Å². The van der Waals surface area contributed by atoms with Crippen molar-refractivity contribution in [2.75, 3.05) is 11.9 Å². The van der Waals surface area contributed by atoms with Gasteiger partial charge in [-0.15, -0.1) is 0 Å². The Labute approximate surface area is 214 Å². The lowest BCUT2D eigenvalue weighted by molar-refractivity contribution is -0.118. The quantitative estimate of drug-likeness (QED) is 0.348. The van der Waals surface area contributed by atoms with E-state index >= 15 is 0 Å². The van der Waals surface area contributed by atoms with Crippen LogP contribution in [-0.4, -0.2) is 23.6 Å². The van der Waals surface area contributed by atoms with Gasteiger partial charge in [0, 0.05) is 10.7 Å². The van der Waals surface area contributed by atoms with Gasteiger partial charge in [-0.3, -0.25) is 9.59 Å². The van der Waals surface area contributed by atoms with Crippen molar-refractivity contribution in [3.63, 3.8) is 0 Å². The topological polar surface area (TPSA) is 79.8 Å². The molecule has 0 saturated carbocycles. The Kier molecular flexibility index (Phi) is 7.72. The van der Waals surface area contributed by atoms with Crippen molar-refractivity contribution in [1.29, 1.82) is 0 Å². The maximum atomic E-state index is 12.4. The second kappa shape index (κ2) is 10.9. The van der Waals surface area contributed by atoms with Crippen molar-refractivity contribution >= 4 is 73.7 Å². The van der Waals surface area contributed by atoms with Crippen LogP contribution in [0, 0.1) is 6.92 Å². The summed E-state index contributed by atoms with van der Waals surface area (Å²) < 4.78 is 6.29. The Morgan fingerprint density at radius 2 is 1.97 bits per heavy atom. The third-order valence-electron chi connectivity index (χ3n) is 4.78. The van der Waals surface area contributed by atoms with Gasteiger partial charge in [-0.05, 0) is 88.2 Å². The first kappa shape index (κ1) is 24.1. The number of anilines is 1. The third kappa shape index (κ3) is 6.08. The van der Waals surface area contributed by atoms with Gasteiger partial charge in [0.2, 0.25) is 0 Å². The normalized spacial score (nSPS) is 15.4. The fourth-order valence-electron chi connectivity index (χ4n) is 3.04. The molecule has 1 fully saturated rings. The minimum Gasteiger partial charge on any atom is -0.483 e. The summed E-state index contributed by atoms with van der Waals surface area (Å²) in [5.41, 5.74) is 3.06. The summed E-state index contributed by atoms with van der Waals surface area (Å²) in [6.07, 6.45) is 1.77. The monoisotopic (exact) mass is 555 g/mol. The van der Waals surface area contributed by atoms with Crippen LogP contribution in [0.2, 0.25) is 5.02 Å². The molecule has 2 amide bonds. The van der Waals surface area contributed by atoms with E-state index in [2.05, 4.69) is 31.6 Å². The summed E-state index contributed by atoms with van der Waals surface area (Å²) in [5.74, 6) is 0.0371. The van der Waals surface area contributed by atoms with E-state index in [1.54, 1.807) is 30.3 Å². The summed E-state index contributed by atoms with van der Waals surface area (Å²) in [6, 6.07) is 20.0. The number of rotatable bonds is 6. The molecule has 1 heterocycles. The maximum Gasteiger partial charge on any atom is 0.264 e. The number of amides is 2. The summed E-state index contributed by atoms with van der Waals surface area (Å²) in [7, 11) is 0. The molecule has 34 heavy (non-hydrogen) atoms. The third-order valence-corrected chi connectivity index (χ3v) is 6.72. The standard InChI is InChI=1S/C25H19BrClN3O3S/c1-15-19(27)8-5-9-20(15)29-25-30-24(32)22(34-25)13-16-10-11-21(18(26)12-16)33-14-23(31)28-17-6-3-2-4-7-17/h2-13H,14H2,1H3,(H,28,31)(H,29,30,32)/b22-13+. The molecule has 172 valence electrons. The predicted octanol–water partition coefficient (Wildman–Crippen LogP) is 6.32. The Bertz CT molecular complexity index is 1310. The van der Waals surface area contributed by atoms with Crippen LogP contribution in [0.15, 0.2) is 81.1 Å². The second-order valence-electron chi connectivity index (χ2n) is 7.26. The number of ether oxygens (including phenoxy) is 1. The molecule has 1 saturated heterocycles. The Morgan fingerprint density at radius 3 is 2.74 bits per heavy atom. The number of hydrogen-bond acceptors (Lipinski definition) is 5. The number of amidine groups is 1. The first-order valence-electron chi connectivity index (χ1n) is 10.2. The van der Waals surface area contributed by atoms with Gasteiger partial charge >= 0.3 is 0 Å². The zero-order chi connectivity index (χ0) is 24.1. The first-order valence-corrected chi connectivity index (χ1v) is 12.2. The zero-order valence-electron chi connectivity index (χ0n) is 18.0. The van der Waals surface area contributed by atoms with Gasteiger partial charge in [-0.2, -0.15) is 0 Å². The average molecular weight is 557 g/mol. The number of carbonyl (C=O) groups is 2. The van der Waals surface area contributed by atoms with Crippen molar-refractivity contribution in [2.45, 2.75) is 6.92 Å². The molecular formula is C25H19BrClN3O3S. The molecule has 3 aromatic rings. The molecule has 9 heteroatoms. The highest BCUT2D eigenvalue weighted by Gasteiger charge is 2.24. The van der Waals surface area contributed by atoms with Crippen LogP contribution < -0.4 is 15.4 Å². The zero-order valence-corrected chi connectivity index (χ0v) is 21.1. The number of thioether (sulfide) groups is 1. The second-order valence-corrected chi connectivity index (χ2v) is 9.55. The summed E-state index contributed by atoms with van der Waals surface area (Å²) in [4.78, 5) is 29.6. The highest BCUT2D eigenvalue weighted by atomic mass is 79.9. The number of nitrogens with one attached hydrogen (secondary N) is 2. The van der Waals surface area contributed by atoms with Crippen LogP contribution >= 0.6 is 39.3 Å². The van der Waals surface area contributed by atoms with Gasteiger partial charge in [0.05, 0.1) is 15.1 Å². The fourth-order valence-corrected chi connectivity index (χ4v) is 4.56. The van der Waals surface area contributed by atoms with E-state index in [-0.39, 0.29) is 18.4 Å². The smallest absolute Gasteiger partial charge is 0.264 e. The van der Waals surface area contributed by atoms with Crippen molar-refractivity contribution in [3.05, 3.63) is 92.3 Å². The molecule has 3 aromatic carbocycles. The van der Waals surface area contributed by atoms with Crippen LogP contribution in [0.3, 0.4) is 0 Å². The number of aliphatic imine (C=N–C) groups is 1. The minimum atomic E-state index is -0.259.